The summed E-state index contributed by atoms with van der Waals surface area (Å²) in [5, 5.41) is 0. The first-order chi connectivity index (χ1) is 17.2. The normalized spacial score (nSPS) is 18.2. The number of hydrogen-bond donors (Lipinski definition) is 0. The molecule has 0 spiro atoms. The van der Waals surface area contributed by atoms with Gasteiger partial charge in [-0.2, -0.15) is 13.2 Å². The van der Waals surface area contributed by atoms with Gasteiger partial charge in [-0.1, -0.05) is 48.5 Å². The smallest absolute Gasteiger partial charge is 0.416 e. The van der Waals surface area contributed by atoms with Crippen LogP contribution in [0.4, 0.5) is 18.9 Å². The van der Waals surface area contributed by atoms with Crippen molar-refractivity contribution >= 4 is 11.6 Å². The monoisotopic (exact) mass is 496 g/mol. The topological polar surface area (TPSA) is 32.8 Å². The Labute approximate surface area is 210 Å². The van der Waals surface area contributed by atoms with E-state index < -0.39 is 23.6 Å². The number of amides is 1. The number of alkyl halides is 3. The third kappa shape index (κ3) is 5.57. The van der Waals surface area contributed by atoms with Crippen molar-refractivity contribution in [1.82, 2.24) is 4.90 Å². The Morgan fingerprint density at radius 3 is 2.28 bits per heavy atom. The van der Waals surface area contributed by atoms with Crippen molar-refractivity contribution in [2.75, 3.05) is 39.2 Å². The number of hydrogen-bond acceptors (Lipinski definition) is 3. The molecule has 2 atom stereocenters. The maximum Gasteiger partial charge on any atom is 0.416 e. The van der Waals surface area contributed by atoms with Crippen LogP contribution in [0.25, 0.3) is 0 Å². The molecule has 1 amide bonds. The van der Waals surface area contributed by atoms with Crippen molar-refractivity contribution in [3.05, 3.63) is 95.1 Å². The molecule has 0 radical (unpaired) electrons. The predicted molar refractivity (Wildman–Crippen MR) is 135 cm³/mol. The fourth-order valence-electron chi connectivity index (χ4n) is 4.99. The van der Waals surface area contributed by atoms with Gasteiger partial charge in [-0.25, -0.2) is 0 Å². The molecule has 3 aromatic rings. The molecule has 0 unspecified atom stereocenters. The minimum atomic E-state index is -4.52. The van der Waals surface area contributed by atoms with Crippen LogP contribution in [-0.4, -0.2) is 45.1 Å². The summed E-state index contributed by atoms with van der Waals surface area (Å²) in [5.41, 5.74) is 1.65. The molecule has 0 N–H and O–H groups in total. The first-order valence-electron chi connectivity index (χ1n) is 12.0. The molecule has 3 aromatic carbocycles. The van der Waals surface area contributed by atoms with Gasteiger partial charge < -0.3 is 14.5 Å². The van der Waals surface area contributed by atoms with Crippen LogP contribution >= 0.6 is 0 Å². The quantitative estimate of drug-likeness (QED) is 0.414. The number of methoxy groups -OCH3 is 1. The average molecular weight is 497 g/mol. The molecule has 190 valence electrons. The van der Waals surface area contributed by atoms with Gasteiger partial charge in [-0.3, -0.25) is 4.79 Å². The van der Waals surface area contributed by atoms with E-state index in [-0.39, 0.29) is 17.9 Å². The van der Waals surface area contributed by atoms with E-state index in [1.165, 1.54) is 6.07 Å². The number of benzene rings is 3. The molecule has 4 rings (SSSR count). The largest absolute Gasteiger partial charge is 0.497 e. The molecule has 0 aromatic heterocycles. The summed E-state index contributed by atoms with van der Waals surface area (Å²) >= 11 is 0. The third-order valence-electron chi connectivity index (χ3n) is 6.85. The zero-order chi connectivity index (χ0) is 25.9. The number of fused-ring (bicyclic) bond motifs is 1. The van der Waals surface area contributed by atoms with E-state index >= 15 is 0 Å². The Bertz CT molecular complexity index is 1180. The molecule has 0 bridgehead atoms. The van der Waals surface area contributed by atoms with Crippen molar-refractivity contribution in [3.8, 4) is 5.75 Å². The van der Waals surface area contributed by atoms with E-state index in [0.717, 1.165) is 17.2 Å². The minimum absolute atomic E-state index is 0.110. The minimum Gasteiger partial charge on any atom is -0.497 e. The van der Waals surface area contributed by atoms with Crippen LogP contribution in [0.15, 0.2) is 72.8 Å². The summed E-state index contributed by atoms with van der Waals surface area (Å²) in [6, 6.07) is 21.1. The maximum atomic E-state index is 14.2. The van der Waals surface area contributed by atoms with Gasteiger partial charge in [0.2, 0.25) is 5.91 Å². The van der Waals surface area contributed by atoms with E-state index in [1.54, 1.807) is 30.2 Å². The molecular weight excluding hydrogens is 465 g/mol. The van der Waals surface area contributed by atoms with Crippen LogP contribution in [0.5, 0.6) is 5.75 Å². The lowest BCUT2D eigenvalue weighted by atomic mass is 9.78. The molecule has 7 heteroatoms. The SMILES string of the molecule is COc1ccc([C@H]2Cc3c(cccc3C(F)(F)F)N(CCN(C)C)C(=O)[C@H]2Cc2ccccc2)cc1. The number of carbonyl (C=O) groups excluding carboxylic acids is 1. The van der Waals surface area contributed by atoms with E-state index in [9.17, 15) is 18.0 Å². The zero-order valence-corrected chi connectivity index (χ0v) is 20.8. The second-order valence-corrected chi connectivity index (χ2v) is 9.47. The highest BCUT2D eigenvalue weighted by atomic mass is 19.4. The summed E-state index contributed by atoms with van der Waals surface area (Å²) in [6.45, 7) is 0.841. The molecule has 0 saturated heterocycles. The highest BCUT2D eigenvalue weighted by Gasteiger charge is 2.42. The summed E-state index contributed by atoms with van der Waals surface area (Å²) in [4.78, 5) is 17.7. The van der Waals surface area contributed by atoms with Gasteiger partial charge in [-0.15, -0.1) is 0 Å². The van der Waals surface area contributed by atoms with Crippen LogP contribution in [0, 0.1) is 5.92 Å². The maximum absolute atomic E-state index is 14.2. The second-order valence-electron chi connectivity index (χ2n) is 9.47. The van der Waals surface area contributed by atoms with Crippen LogP contribution in [0.2, 0.25) is 0 Å². The Morgan fingerprint density at radius 1 is 0.972 bits per heavy atom. The van der Waals surface area contributed by atoms with Crippen molar-refractivity contribution in [2.24, 2.45) is 5.92 Å². The van der Waals surface area contributed by atoms with Crippen LogP contribution < -0.4 is 9.64 Å². The van der Waals surface area contributed by atoms with Crippen LogP contribution in [-0.2, 0) is 23.8 Å². The fourth-order valence-corrected chi connectivity index (χ4v) is 4.99. The molecule has 0 saturated carbocycles. The lowest BCUT2D eigenvalue weighted by Crippen LogP contribution is -2.41. The van der Waals surface area contributed by atoms with Gasteiger partial charge in [0.25, 0.3) is 0 Å². The van der Waals surface area contributed by atoms with E-state index in [0.29, 0.717) is 30.9 Å². The van der Waals surface area contributed by atoms with Gasteiger partial charge in [0, 0.05) is 24.7 Å². The molecule has 0 fully saturated rings. The summed E-state index contributed by atoms with van der Waals surface area (Å²) in [6.07, 6.45) is -3.98. The van der Waals surface area contributed by atoms with E-state index in [4.69, 9.17) is 4.74 Å². The Balaban J connectivity index is 1.88. The number of carbonyl (C=O) groups is 1. The number of anilines is 1. The van der Waals surface area contributed by atoms with Crippen molar-refractivity contribution < 1.29 is 22.7 Å². The zero-order valence-electron chi connectivity index (χ0n) is 20.8. The first kappa shape index (κ1) is 25.8. The van der Waals surface area contributed by atoms with E-state index in [2.05, 4.69) is 0 Å². The van der Waals surface area contributed by atoms with Crippen molar-refractivity contribution in [3.63, 3.8) is 0 Å². The molecule has 36 heavy (non-hydrogen) atoms. The molecule has 0 aliphatic carbocycles. The molecule has 1 aliphatic rings. The Kier molecular flexibility index (Phi) is 7.69. The Morgan fingerprint density at radius 2 is 1.67 bits per heavy atom. The molecule has 4 nitrogen and oxygen atoms in total. The number of rotatable bonds is 7. The summed E-state index contributed by atoms with van der Waals surface area (Å²) in [5.74, 6) is -0.464. The molecular formula is C29H31F3N2O2. The summed E-state index contributed by atoms with van der Waals surface area (Å²) < 4.78 is 47.9. The second kappa shape index (κ2) is 10.7. The van der Waals surface area contributed by atoms with Gasteiger partial charge in [0.1, 0.15) is 5.75 Å². The van der Waals surface area contributed by atoms with Crippen molar-refractivity contribution in [1.29, 1.82) is 0 Å². The molecule has 1 heterocycles. The van der Waals surface area contributed by atoms with Gasteiger partial charge in [0.15, 0.2) is 0 Å². The lowest BCUT2D eigenvalue weighted by Gasteiger charge is -2.30. The van der Waals surface area contributed by atoms with Crippen LogP contribution in [0.3, 0.4) is 0 Å². The third-order valence-corrected chi connectivity index (χ3v) is 6.85. The van der Waals surface area contributed by atoms with Gasteiger partial charge in [0.05, 0.1) is 12.7 Å². The summed E-state index contributed by atoms with van der Waals surface area (Å²) in [7, 11) is 5.34. The highest BCUT2D eigenvalue weighted by Crippen LogP contribution is 2.44. The van der Waals surface area contributed by atoms with Gasteiger partial charge >= 0.3 is 6.18 Å². The lowest BCUT2D eigenvalue weighted by molar-refractivity contribution is -0.138. The Hall–Kier alpha value is -3.32. The van der Waals surface area contributed by atoms with Crippen molar-refractivity contribution in [2.45, 2.75) is 24.9 Å². The number of ether oxygens (including phenoxy) is 1. The fraction of sp³-hybridized carbons (Fsp3) is 0.345. The highest BCUT2D eigenvalue weighted by molar-refractivity contribution is 5.97. The number of nitrogens with zero attached hydrogens (tertiary/aromatic N) is 2. The first-order valence-corrected chi connectivity index (χ1v) is 12.0. The van der Waals surface area contributed by atoms with Crippen LogP contribution in [0.1, 0.15) is 28.2 Å². The standard InChI is InChI=1S/C29H31F3N2O2/c1-33(2)16-17-34-27-11-7-10-26(29(30,31)32)25(27)19-23(21-12-14-22(36-3)15-13-21)24(28(34)35)18-20-8-5-4-6-9-20/h4-15,23-24H,16-19H2,1-3H3/t23-,24+/m1/s1. The number of likely N-dealkylation sites (N-methyl/N-ethyl adjacent to an activating group) is 1. The van der Waals surface area contributed by atoms with E-state index in [1.807, 2.05) is 61.5 Å². The number of halogens is 3. The van der Waals surface area contributed by atoms with Gasteiger partial charge in [-0.05, 0) is 73.8 Å². The average Bonchev–Trinajstić information content (AvgIpc) is 2.97. The predicted octanol–water partition coefficient (Wildman–Crippen LogP) is 5.81. The molecule has 1 aliphatic heterocycles.